The molecule has 0 aliphatic heterocycles. The first kappa shape index (κ1) is 11.5. The molecule has 0 aliphatic carbocycles. The molecule has 2 aromatic rings. The monoisotopic (exact) mass is 250 g/mol. The van der Waals surface area contributed by atoms with Crippen LogP contribution < -0.4 is 10.9 Å². The van der Waals surface area contributed by atoms with Gasteiger partial charge in [0.15, 0.2) is 5.69 Å². The van der Waals surface area contributed by atoms with Crippen molar-refractivity contribution >= 4 is 23.1 Å². The minimum atomic E-state index is -0.333. The molecule has 0 aliphatic rings. The summed E-state index contributed by atoms with van der Waals surface area (Å²) in [5, 5.41) is 7.87. The molecule has 0 unspecified atom stereocenters. The molecule has 17 heavy (non-hydrogen) atoms. The van der Waals surface area contributed by atoms with Crippen LogP contribution in [0.5, 0.6) is 0 Å². The lowest BCUT2D eigenvalue weighted by Crippen LogP contribution is -2.19. The van der Waals surface area contributed by atoms with Crippen molar-refractivity contribution < 1.29 is 4.79 Å². The third-order valence-electron chi connectivity index (χ3n) is 2.17. The van der Waals surface area contributed by atoms with Crippen LogP contribution in [0.3, 0.4) is 0 Å². The Morgan fingerprint density at radius 2 is 2.35 bits per heavy atom. The SMILES string of the molecule is CCn1cc(NC(=O)c2csnn2)ccc1=O. The maximum atomic E-state index is 11.7. The van der Waals surface area contributed by atoms with Gasteiger partial charge in [-0.15, -0.1) is 5.10 Å². The van der Waals surface area contributed by atoms with E-state index in [0.29, 0.717) is 12.2 Å². The van der Waals surface area contributed by atoms with Crippen molar-refractivity contribution in [3.05, 3.63) is 39.8 Å². The van der Waals surface area contributed by atoms with Crippen LogP contribution >= 0.6 is 11.5 Å². The van der Waals surface area contributed by atoms with Crippen LogP contribution in [0, 0.1) is 0 Å². The average molecular weight is 250 g/mol. The topological polar surface area (TPSA) is 76.9 Å². The summed E-state index contributed by atoms with van der Waals surface area (Å²) in [7, 11) is 0. The minimum Gasteiger partial charge on any atom is -0.319 e. The largest absolute Gasteiger partial charge is 0.319 e. The molecule has 0 fully saturated rings. The number of carbonyl (C=O) groups is 1. The van der Waals surface area contributed by atoms with E-state index in [0.717, 1.165) is 11.5 Å². The molecule has 1 amide bonds. The second kappa shape index (κ2) is 4.88. The molecular formula is C10H10N4O2S. The Labute approximate surface area is 101 Å². The molecule has 1 N–H and O–H groups in total. The second-order valence-electron chi connectivity index (χ2n) is 3.29. The summed E-state index contributed by atoms with van der Waals surface area (Å²) < 4.78 is 5.12. The second-order valence-corrected chi connectivity index (χ2v) is 3.90. The highest BCUT2D eigenvalue weighted by molar-refractivity contribution is 7.03. The first-order valence-electron chi connectivity index (χ1n) is 4.99. The number of hydrogen-bond donors (Lipinski definition) is 1. The lowest BCUT2D eigenvalue weighted by molar-refractivity contribution is 0.102. The number of aryl methyl sites for hydroxylation is 1. The Morgan fingerprint density at radius 1 is 1.53 bits per heavy atom. The highest BCUT2D eigenvalue weighted by atomic mass is 32.1. The summed E-state index contributed by atoms with van der Waals surface area (Å²) in [4.78, 5) is 23.0. The highest BCUT2D eigenvalue weighted by Gasteiger charge is 2.09. The molecule has 0 radical (unpaired) electrons. The van der Waals surface area contributed by atoms with Gasteiger partial charge >= 0.3 is 0 Å². The molecule has 0 spiro atoms. The van der Waals surface area contributed by atoms with E-state index in [1.165, 1.54) is 10.6 Å². The fourth-order valence-electron chi connectivity index (χ4n) is 1.31. The van der Waals surface area contributed by atoms with E-state index < -0.39 is 0 Å². The van der Waals surface area contributed by atoms with Gasteiger partial charge in [-0.1, -0.05) is 4.49 Å². The quantitative estimate of drug-likeness (QED) is 0.880. The van der Waals surface area contributed by atoms with Crippen LogP contribution in [0.2, 0.25) is 0 Å². The summed E-state index contributed by atoms with van der Waals surface area (Å²) in [6.07, 6.45) is 1.60. The van der Waals surface area contributed by atoms with Gasteiger partial charge in [0.2, 0.25) is 0 Å². The lowest BCUT2D eigenvalue weighted by atomic mass is 10.3. The Morgan fingerprint density at radius 3 is 3.00 bits per heavy atom. The highest BCUT2D eigenvalue weighted by Crippen LogP contribution is 2.06. The molecule has 0 aromatic carbocycles. The van der Waals surface area contributed by atoms with Crippen molar-refractivity contribution in [2.75, 3.05) is 5.32 Å². The van der Waals surface area contributed by atoms with Gasteiger partial charge in [0.1, 0.15) is 0 Å². The Kier molecular flexibility index (Phi) is 3.29. The van der Waals surface area contributed by atoms with Crippen LogP contribution in [0.25, 0.3) is 0 Å². The maximum absolute atomic E-state index is 11.7. The van der Waals surface area contributed by atoms with Crippen molar-refractivity contribution in [2.45, 2.75) is 13.5 Å². The van der Waals surface area contributed by atoms with Gasteiger partial charge in [0.05, 0.1) is 5.69 Å². The molecule has 2 rings (SSSR count). The van der Waals surface area contributed by atoms with Gasteiger partial charge < -0.3 is 9.88 Å². The molecular weight excluding hydrogens is 240 g/mol. The van der Waals surface area contributed by atoms with E-state index in [1.54, 1.807) is 17.6 Å². The van der Waals surface area contributed by atoms with Gasteiger partial charge in [-0.2, -0.15) is 0 Å². The normalized spacial score (nSPS) is 10.2. The standard InChI is InChI=1S/C10H10N4O2S/c1-2-14-5-7(3-4-9(14)15)11-10(16)8-6-17-13-12-8/h3-6H,2H2,1H3,(H,11,16). The molecule has 88 valence electrons. The zero-order valence-electron chi connectivity index (χ0n) is 9.08. The molecule has 0 saturated carbocycles. The van der Waals surface area contributed by atoms with Crippen LogP contribution in [-0.4, -0.2) is 20.1 Å². The Balaban J connectivity index is 2.19. The predicted octanol–water partition coefficient (Wildman–Crippen LogP) is 0.972. The van der Waals surface area contributed by atoms with Gasteiger partial charge in [-0.25, -0.2) is 0 Å². The predicted molar refractivity (Wildman–Crippen MR) is 64.2 cm³/mol. The number of carbonyl (C=O) groups excluding carboxylic acids is 1. The summed E-state index contributed by atoms with van der Waals surface area (Å²) in [5.74, 6) is -0.333. The lowest BCUT2D eigenvalue weighted by Gasteiger charge is -2.06. The number of pyridine rings is 1. The van der Waals surface area contributed by atoms with Crippen LogP contribution in [0.4, 0.5) is 5.69 Å². The van der Waals surface area contributed by atoms with E-state index in [1.807, 2.05) is 6.92 Å². The number of nitrogens with one attached hydrogen (secondary N) is 1. The van der Waals surface area contributed by atoms with Gasteiger partial charge in [-0.05, 0) is 24.5 Å². The van der Waals surface area contributed by atoms with Crippen molar-refractivity contribution in [1.82, 2.24) is 14.2 Å². The fraction of sp³-hybridized carbons (Fsp3) is 0.200. The molecule has 0 atom stereocenters. The molecule has 0 saturated heterocycles. The summed E-state index contributed by atoms with van der Waals surface area (Å²) >= 11 is 1.11. The van der Waals surface area contributed by atoms with E-state index in [4.69, 9.17) is 0 Å². The first-order chi connectivity index (χ1) is 8.20. The minimum absolute atomic E-state index is 0.0965. The summed E-state index contributed by atoms with van der Waals surface area (Å²) in [6, 6.07) is 2.98. The van der Waals surface area contributed by atoms with E-state index in [9.17, 15) is 9.59 Å². The number of hydrogen-bond acceptors (Lipinski definition) is 5. The van der Waals surface area contributed by atoms with Crippen molar-refractivity contribution in [3.8, 4) is 0 Å². The van der Waals surface area contributed by atoms with Crippen LogP contribution in [0.1, 0.15) is 17.4 Å². The van der Waals surface area contributed by atoms with E-state index in [-0.39, 0.29) is 17.2 Å². The summed E-state index contributed by atoms with van der Waals surface area (Å²) in [6.45, 7) is 2.41. The van der Waals surface area contributed by atoms with Gasteiger partial charge in [-0.3, -0.25) is 9.59 Å². The molecule has 6 nitrogen and oxygen atoms in total. The molecule has 2 heterocycles. The first-order valence-corrected chi connectivity index (χ1v) is 5.83. The van der Waals surface area contributed by atoms with Crippen molar-refractivity contribution in [2.24, 2.45) is 0 Å². The smallest absolute Gasteiger partial charge is 0.277 e. The molecule has 2 aromatic heterocycles. The number of anilines is 1. The van der Waals surface area contributed by atoms with Crippen LogP contribution in [-0.2, 0) is 6.54 Å². The zero-order valence-corrected chi connectivity index (χ0v) is 9.90. The van der Waals surface area contributed by atoms with Gasteiger partial charge in [0, 0.05) is 24.2 Å². The number of amides is 1. The van der Waals surface area contributed by atoms with E-state index >= 15 is 0 Å². The maximum Gasteiger partial charge on any atom is 0.277 e. The van der Waals surface area contributed by atoms with Gasteiger partial charge in [0.25, 0.3) is 11.5 Å². The zero-order chi connectivity index (χ0) is 12.3. The van der Waals surface area contributed by atoms with Crippen molar-refractivity contribution in [3.63, 3.8) is 0 Å². The molecule has 0 bridgehead atoms. The third kappa shape index (κ3) is 2.56. The third-order valence-corrected chi connectivity index (χ3v) is 2.68. The van der Waals surface area contributed by atoms with Crippen LogP contribution in [0.15, 0.2) is 28.5 Å². The Hall–Kier alpha value is -2.02. The number of aromatic nitrogens is 3. The number of nitrogens with zero attached hydrogens (tertiary/aromatic N) is 3. The van der Waals surface area contributed by atoms with E-state index in [2.05, 4.69) is 14.9 Å². The summed E-state index contributed by atoms with van der Waals surface area (Å²) in [5.41, 5.74) is 0.731. The molecule has 7 heteroatoms. The Bertz CT molecular complexity index is 576. The van der Waals surface area contributed by atoms with Crippen molar-refractivity contribution in [1.29, 1.82) is 0 Å². The fourth-order valence-corrected chi connectivity index (χ4v) is 1.75. The number of rotatable bonds is 3. The average Bonchev–Trinajstić information content (AvgIpc) is 2.85.